The number of carbonyl (C=O) groups excluding carboxylic acids is 1. The zero-order valence-corrected chi connectivity index (χ0v) is 15.5. The molecule has 0 unspecified atom stereocenters. The van der Waals surface area contributed by atoms with Crippen molar-refractivity contribution in [2.24, 2.45) is 13.0 Å². The second-order valence-electron chi connectivity index (χ2n) is 7.43. The lowest BCUT2D eigenvalue weighted by Gasteiger charge is -2.37. The highest BCUT2D eigenvalue weighted by Crippen LogP contribution is 2.38. The minimum Gasteiger partial charge on any atom is -0.393 e. The molecule has 1 aromatic carbocycles. The van der Waals surface area contributed by atoms with E-state index in [1.54, 1.807) is 10.9 Å². The molecule has 7 heteroatoms. The van der Waals surface area contributed by atoms with Crippen LogP contribution in [-0.4, -0.2) is 53.2 Å². The molecule has 1 saturated heterocycles. The van der Waals surface area contributed by atoms with E-state index in [1.807, 2.05) is 37.5 Å². The summed E-state index contributed by atoms with van der Waals surface area (Å²) < 4.78 is 7.12. The molecule has 2 N–H and O–H groups in total. The third-order valence-electron chi connectivity index (χ3n) is 5.50. The van der Waals surface area contributed by atoms with Gasteiger partial charge in [0.25, 0.3) is 5.91 Å². The Morgan fingerprint density at radius 1 is 1.26 bits per heavy atom. The third-order valence-corrected chi connectivity index (χ3v) is 5.50. The van der Waals surface area contributed by atoms with E-state index < -0.39 is 0 Å². The zero-order chi connectivity index (χ0) is 18.8. The molecule has 2 aromatic rings. The number of aromatic nitrogens is 2. The molecule has 1 aliphatic carbocycles. The summed E-state index contributed by atoms with van der Waals surface area (Å²) in [5, 5.41) is 17.1. The van der Waals surface area contributed by atoms with E-state index in [0.29, 0.717) is 18.4 Å². The predicted octanol–water partition coefficient (Wildman–Crippen LogP) is 1.50. The van der Waals surface area contributed by atoms with Gasteiger partial charge in [0, 0.05) is 43.1 Å². The smallest absolute Gasteiger partial charge is 0.251 e. The lowest BCUT2D eigenvalue weighted by Crippen LogP contribution is -2.41. The Bertz CT molecular complexity index is 777. The van der Waals surface area contributed by atoms with E-state index in [0.717, 1.165) is 37.6 Å². The monoisotopic (exact) mass is 370 g/mol. The van der Waals surface area contributed by atoms with Crippen LogP contribution in [0.5, 0.6) is 0 Å². The minimum atomic E-state index is -0.265. The average molecular weight is 370 g/mol. The molecule has 0 spiro atoms. The molecule has 2 aliphatic rings. The molecular formula is C20H26N4O3. The number of aliphatic hydroxyl groups is 1. The summed E-state index contributed by atoms with van der Waals surface area (Å²) in [5.41, 5.74) is 2.73. The largest absolute Gasteiger partial charge is 0.393 e. The number of nitrogens with one attached hydrogen (secondary N) is 1. The number of anilines is 1. The van der Waals surface area contributed by atoms with Crippen LogP contribution in [-0.2, 0) is 11.8 Å². The van der Waals surface area contributed by atoms with Gasteiger partial charge in [0.05, 0.1) is 31.6 Å². The van der Waals surface area contributed by atoms with Gasteiger partial charge in [-0.05, 0) is 43.0 Å². The lowest BCUT2D eigenvalue weighted by atomic mass is 9.75. The fourth-order valence-electron chi connectivity index (χ4n) is 3.85. The van der Waals surface area contributed by atoms with Crippen LogP contribution in [0.15, 0.2) is 36.7 Å². The summed E-state index contributed by atoms with van der Waals surface area (Å²) in [4.78, 5) is 15.1. The van der Waals surface area contributed by atoms with Crippen LogP contribution >= 0.6 is 0 Å². The van der Waals surface area contributed by atoms with Crippen LogP contribution in [0, 0.1) is 5.92 Å². The van der Waals surface area contributed by atoms with E-state index in [9.17, 15) is 9.90 Å². The molecular weight excluding hydrogens is 344 g/mol. The van der Waals surface area contributed by atoms with Crippen molar-refractivity contribution in [1.29, 1.82) is 0 Å². The van der Waals surface area contributed by atoms with Gasteiger partial charge in [-0.2, -0.15) is 5.10 Å². The molecule has 27 heavy (non-hydrogen) atoms. The van der Waals surface area contributed by atoms with Crippen LogP contribution < -0.4 is 10.2 Å². The second-order valence-corrected chi connectivity index (χ2v) is 7.43. The quantitative estimate of drug-likeness (QED) is 0.834. The second kappa shape index (κ2) is 7.70. The van der Waals surface area contributed by atoms with E-state index in [1.165, 1.54) is 0 Å². The first-order valence-corrected chi connectivity index (χ1v) is 9.50. The Balaban J connectivity index is 1.45. The van der Waals surface area contributed by atoms with Gasteiger partial charge in [0.2, 0.25) is 0 Å². The molecule has 1 amide bonds. The van der Waals surface area contributed by atoms with Crippen LogP contribution in [0.2, 0.25) is 0 Å². The van der Waals surface area contributed by atoms with Crippen LogP contribution in [0.3, 0.4) is 0 Å². The molecule has 1 saturated carbocycles. The normalized spacial score (nSPS) is 23.6. The minimum absolute atomic E-state index is 0.0984. The average Bonchev–Trinajstić information content (AvgIpc) is 3.11. The van der Waals surface area contributed by atoms with Gasteiger partial charge in [-0.1, -0.05) is 0 Å². The summed E-state index contributed by atoms with van der Waals surface area (Å²) in [6.07, 6.45) is 4.86. The standard InChI is InChI=1S/C20H26N4O3/c1-23-13-16(12-21-23)19(15-10-18(25)11-15)22-20(26)14-2-4-17(5-3-14)24-6-8-27-9-7-24/h2-5,12-13,15,18-19,25H,6-11H2,1H3,(H,22,26)/t15?,18?,19-/m0/s1. The summed E-state index contributed by atoms with van der Waals surface area (Å²) in [7, 11) is 1.86. The van der Waals surface area contributed by atoms with Crippen molar-refractivity contribution in [1.82, 2.24) is 15.1 Å². The summed E-state index contributed by atoms with van der Waals surface area (Å²) in [6.45, 7) is 3.22. The number of hydrogen-bond acceptors (Lipinski definition) is 5. The molecule has 4 rings (SSSR count). The van der Waals surface area contributed by atoms with Gasteiger partial charge in [-0.25, -0.2) is 0 Å². The molecule has 1 aromatic heterocycles. The maximum atomic E-state index is 12.8. The van der Waals surface area contributed by atoms with E-state index >= 15 is 0 Å². The number of aryl methyl sites for hydroxylation is 1. The summed E-state index contributed by atoms with van der Waals surface area (Å²) in [6, 6.07) is 7.60. The lowest BCUT2D eigenvalue weighted by molar-refractivity contribution is 0.0235. The van der Waals surface area contributed by atoms with Crippen molar-refractivity contribution in [3.8, 4) is 0 Å². The zero-order valence-electron chi connectivity index (χ0n) is 15.5. The van der Waals surface area contributed by atoms with Crippen LogP contribution in [0.1, 0.15) is 34.8 Å². The van der Waals surface area contributed by atoms with Crippen molar-refractivity contribution in [2.45, 2.75) is 25.0 Å². The molecule has 1 atom stereocenters. The Morgan fingerprint density at radius 3 is 2.56 bits per heavy atom. The third kappa shape index (κ3) is 3.99. The highest BCUT2D eigenvalue weighted by atomic mass is 16.5. The Kier molecular flexibility index (Phi) is 5.13. The molecule has 144 valence electrons. The van der Waals surface area contributed by atoms with Gasteiger partial charge >= 0.3 is 0 Å². The molecule has 1 aliphatic heterocycles. The molecule has 2 heterocycles. The van der Waals surface area contributed by atoms with Gasteiger partial charge in [-0.15, -0.1) is 0 Å². The molecule has 2 fully saturated rings. The van der Waals surface area contributed by atoms with Crippen molar-refractivity contribution in [3.05, 3.63) is 47.8 Å². The van der Waals surface area contributed by atoms with Crippen molar-refractivity contribution >= 4 is 11.6 Å². The number of carbonyl (C=O) groups is 1. The number of benzene rings is 1. The molecule has 0 bridgehead atoms. The SMILES string of the molecule is Cn1cc([C@@H](NC(=O)c2ccc(N3CCOCC3)cc2)C2CC(O)C2)cn1. The number of aliphatic hydroxyl groups excluding tert-OH is 1. The number of rotatable bonds is 5. The number of ether oxygens (including phenoxy) is 1. The Labute approximate surface area is 158 Å². The highest BCUT2D eigenvalue weighted by molar-refractivity contribution is 5.94. The van der Waals surface area contributed by atoms with Crippen molar-refractivity contribution in [3.63, 3.8) is 0 Å². The first-order valence-electron chi connectivity index (χ1n) is 9.50. The fraction of sp³-hybridized carbons (Fsp3) is 0.500. The highest BCUT2D eigenvalue weighted by Gasteiger charge is 2.36. The van der Waals surface area contributed by atoms with E-state index in [-0.39, 0.29) is 24.0 Å². The summed E-state index contributed by atoms with van der Waals surface area (Å²) >= 11 is 0. The van der Waals surface area contributed by atoms with Gasteiger partial charge < -0.3 is 20.1 Å². The number of amides is 1. The van der Waals surface area contributed by atoms with Crippen LogP contribution in [0.25, 0.3) is 0 Å². The van der Waals surface area contributed by atoms with Crippen molar-refractivity contribution in [2.75, 3.05) is 31.2 Å². The molecule has 0 radical (unpaired) electrons. The van der Waals surface area contributed by atoms with E-state index in [2.05, 4.69) is 15.3 Å². The van der Waals surface area contributed by atoms with Crippen molar-refractivity contribution < 1.29 is 14.6 Å². The van der Waals surface area contributed by atoms with Gasteiger partial charge in [0.15, 0.2) is 0 Å². The fourth-order valence-corrected chi connectivity index (χ4v) is 3.85. The van der Waals surface area contributed by atoms with Crippen LogP contribution in [0.4, 0.5) is 5.69 Å². The Morgan fingerprint density at radius 2 is 1.96 bits per heavy atom. The Hall–Kier alpha value is -2.38. The maximum absolute atomic E-state index is 12.8. The molecule has 7 nitrogen and oxygen atoms in total. The first kappa shape index (κ1) is 18.0. The van der Waals surface area contributed by atoms with E-state index in [4.69, 9.17) is 4.74 Å². The first-order chi connectivity index (χ1) is 13.1. The number of morpholine rings is 1. The maximum Gasteiger partial charge on any atom is 0.251 e. The van der Waals surface area contributed by atoms with Gasteiger partial charge in [0.1, 0.15) is 0 Å². The van der Waals surface area contributed by atoms with Gasteiger partial charge in [-0.3, -0.25) is 9.48 Å². The number of hydrogen-bond donors (Lipinski definition) is 2. The topological polar surface area (TPSA) is 79.6 Å². The number of nitrogens with zero attached hydrogens (tertiary/aromatic N) is 3. The predicted molar refractivity (Wildman–Crippen MR) is 102 cm³/mol. The summed E-state index contributed by atoms with van der Waals surface area (Å²) in [5.74, 6) is 0.138.